The van der Waals surface area contributed by atoms with Gasteiger partial charge in [0, 0.05) is 18.7 Å². The zero-order valence-corrected chi connectivity index (χ0v) is 14.8. The first-order chi connectivity index (χ1) is 11.3. The number of aromatic nitrogens is 3. The number of rotatable bonds is 6. The average Bonchev–Trinajstić information content (AvgIpc) is 2.88. The Balaban J connectivity index is 2.11. The molecule has 2 aromatic rings. The Bertz CT molecular complexity index is 774. The highest BCUT2D eigenvalue weighted by Gasteiger charge is 2.20. The van der Waals surface area contributed by atoms with E-state index in [9.17, 15) is 14.9 Å². The summed E-state index contributed by atoms with van der Waals surface area (Å²) in [5.41, 5.74) is 1.14. The number of hydrogen-bond acceptors (Lipinski definition) is 6. The second kappa shape index (κ2) is 7.43. The number of benzene rings is 1. The van der Waals surface area contributed by atoms with Gasteiger partial charge in [0.05, 0.1) is 15.9 Å². The number of aryl methyl sites for hydroxylation is 2. The molecule has 128 valence electrons. The van der Waals surface area contributed by atoms with E-state index in [0.29, 0.717) is 10.8 Å². The molecule has 9 heteroatoms. The predicted molar refractivity (Wildman–Crippen MR) is 92.2 cm³/mol. The molecule has 0 saturated heterocycles. The number of nitrogens with zero attached hydrogens (tertiary/aromatic N) is 4. The quantitative estimate of drug-likeness (QED) is 0.488. The molecule has 8 nitrogen and oxygen atoms in total. The van der Waals surface area contributed by atoms with Crippen molar-refractivity contribution in [3.05, 3.63) is 39.7 Å². The van der Waals surface area contributed by atoms with Crippen molar-refractivity contribution >= 4 is 29.0 Å². The third kappa shape index (κ3) is 3.91. The van der Waals surface area contributed by atoms with Crippen LogP contribution in [-0.2, 0) is 11.3 Å². The van der Waals surface area contributed by atoms with Gasteiger partial charge in [0.1, 0.15) is 5.82 Å². The average molecular weight is 349 g/mol. The van der Waals surface area contributed by atoms with Gasteiger partial charge >= 0.3 is 0 Å². The Morgan fingerprint density at radius 3 is 2.75 bits per heavy atom. The first-order valence-electron chi connectivity index (χ1n) is 7.45. The second-order valence-corrected chi connectivity index (χ2v) is 6.59. The van der Waals surface area contributed by atoms with E-state index in [1.54, 1.807) is 19.9 Å². The number of nitro benzene ring substituents is 1. The zero-order chi connectivity index (χ0) is 17.9. The molecular weight excluding hydrogens is 330 g/mol. The van der Waals surface area contributed by atoms with Crippen molar-refractivity contribution in [1.29, 1.82) is 0 Å². The Morgan fingerprint density at radius 2 is 2.12 bits per heavy atom. The van der Waals surface area contributed by atoms with E-state index in [1.165, 1.54) is 23.9 Å². The number of carbonyl (C=O) groups is 1. The van der Waals surface area contributed by atoms with Crippen LogP contribution in [0.4, 0.5) is 11.4 Å². The van der Waals surface area contributed by atoms with Crippen molar-refractivity contribution in [2.75, 3.05) is 5.32 Å². The second-order valence-electron chi connectivity index (χ2n) is 5.28. The van der Waals surface area contributed by atoms with Crippen LogP contribution in [0.3, 0.4) is 0 Å². The van der Waals surface area contributed by atoms with Crippen molar-refractivity contribution in [2.45, 2.75) is 44.6 Å². The molecule has 0 aliphatic rings. The molecule has 1 heterocycles. The van der Waals surface area contributed by atoms with Crippen molar-refractivity contribution in [2.24, 2.45) is 0 Å². The fourth-order valence-electron chi connectivity index (χ4n) is 2.12. The van der Waals surface area contributed by atoms with E-state index in [4.69, 9.17) is 0 Å². The van der Waals surface area contributed by atoms with Crippen LogP contribution in [-0.4, -0.2) is 30.8 Å². The van der Waals surface area contributed by atoms with Crippen LogP contribution in [0.15, 0.2) is 23.4 Å². The van der Waals surface area contributed by atoms with Crippen LogP contribution >= 0.6 is 11.8 Å². The van der Waals surface area contributed by atoms with Gasteiger partial charge in [0.15, 0.2) is 5.16 Å². The summed E-state index contributed by atoms with van der Waals surface area (Å²) in [4.78, 5) is 22.8. The topological polar surface area (TPSA) is 103 Å². The van der Waals surface area contributed by atoms with E-state index in [1.807, 2.05) is 18.4 Å². The maximum Gasteiger partial charge on any atom is 0.271 e. The smallest absolute Gasteiger partial charge is 0.271 e. The fraction of sp³-hybridized carbons (Fsp3) is 0.400. The maximum absolute atomic E-state index is 12.4. The summed E-state index contributed by atoms with van der Waals surface area (Å²) in [5.74, 6) is 0.550. The number of thioether (sulfide) groups is 1. The number of carbonyl (C=O) groups excluding carboxylic acids is 1. The van der Waals surface area contributed by atoms with Crippen molar-refractivity contribution in [1.82, 2.24) is 14.8 Å². The van der Waals surface area contributed by atoms with Gasteiger partial charge < -0.3 is 9.88 Å². The molecular formula is C15H19N5O3S. The molecule has 24 heavy (non-hydrogen) atoms. The van der Waals surface area contributed by atoms with E-state index >= 15 is 0 Å². The Kier molecular flexibility index (Phi) is 5.55. The Morgan fingerprint density at radius 1 is 1.42 bits per heavy atom. The van der Waals surface area contributed by atoms with Crippen molar-refractivity contribution in [3.8, 4) is 0 Å². The lowest BCUT2D eigenvalue weighted by molar-refractivity contribution is -0.384. The number of nitro groups is 1. The van der Waals surface area contributed by atoms with E-state index in [2.05, 4.69) is 15.5 Å². The summed E-state index contributed by atoms with van der Waals surface area (Å²) in [6.45, 7) is 8.11. The predicted octanol–water partition coefficient (Wildman–Crippen LogP) is 2.94. The number of anilines is 1. The molecule has 1 aromatic heterocycles. The van der Waals surface area contributed by atoms with Gasteiger partial charge in [0.25, 0.3) is 5.69 Å². The van der Waals surface area contributed by atoms with Gasteiger partial charge in [-0.25, -0.2) is 0 Å². The first kappa shape index (κ1) is 17.9. The molecule has 0 bridgehead atoms. The largest absolute Gasteiger partial charge is 0.325 e. The highest BCUT2D eigenvalue weighted by atomic mass is 32.2. The maximum atomic E-state index is 12.4. The number of hydrogen-bond donors (Lipinski definition) is 1. The summed E-state index contributed by atoms with van der Waals surface area (Å²) in [5, 5.41) is 22.0. The van der Waals surface area contributed by atoms with Gasteiger partial charge in [-0.3, -0.25) is 14.9 Å². The molecule has 1 aromatic carbocycles. The minimum Gasteiger partial charge on any atom is -0.325 e. The molecule has 1 atom stereocenters. The standard InChI is InChI=1S/C15H19N5O3S/c1-5-19-11(4)17-18-15(19)24-10(3)14(21)16-13-8-12(20(22)23)7-6-9(13)2/h6-8,10H,5H2,1-4H3,(H,16,21)/t10-/m1/s1. The minimum atomic E-state index is -0.486. The van der Waals surface area contributed by atoms with E-state index in [0.717, 1.165) is 17.9 Å². The lowest BCUT2D eigenvalue weighted by atomic mass is 10.2. The fourth-order valence-corrected chi connectivity index (χ4v) is 3.08. The number of amides is 1. The lowest BCUT2D eigenvalue weighted by Gasteiger charge is -2.13. The minimum absolute atomic E-state index is 0.0578. The summed E-state index contributed by atoms with van der Waals surface area (Å²) >= 11 is 1.30. The van der Waals surface area contributed by atoms with Gasteiger partial charge in [-0.1, -0.05) is 17.8 Å². The first-order valence-corrected chi connectivity index (χ1v) is 8.33. The van der Waals surface area contributed by atoms with Crippen molar-refractivity contribution < 1.29 is 9.72 Å². The molecule has 1 N–H and O–H groups in total. The zero-order valence-electron chi connectivity index (χ0n) is 13.9. The monoisotopic (exact) mass is 349 g/mol. The summed E-state index contributed by atoms with van der Waals surface area (Å²) in [7, 11) is 0. The van der Waals surface area contributed by atoms with Crippen LogP contribution in [0.5, 0.6) is 0 Å². The summed E-state index contributed by atoms with van der Waals surface area (Å²) in [6.07, 6.45) is 0. The third-order valence-electron chi connectivity index (χ3n) is 3.56. The third-order valence-corrected chi connectivity index (χ3v) is 4.64. The normalized spacial score (nSPS) is 12.0. The number of non-ortho nitro benzene ring substituents is 1. The highest BCUT2D eigenvalue weighted by molar-refractivity contribution is 8.00. The Hall–Kier alpha value is -2.42. The van der Waals surface area contributed by atoms with Gasteiger partial charge in [-0.05, 0) is 33.3 Å². The summed E-state index contributed by atoms with van der Waals surface area (Å²) in [6, 6.07) is 4.39. The molecule has 0 unspecified atom stereocenters. The SMILES string of the molecule is CCn1c(C)nnc1S[C@H](C)C(=O)Nc1cc([N+](=O)[O-])ccc1C. The van der Waals surface area contributed by atoms with Crippen LogP contribution in [0, 0.1) is 24.0 Å². The van der Waals surface area contributed by atoms with Crippen LogP contribution in [0.1, 0.15) is 25.2 Å². The van der Waals surface area contributed by atoms with Crippen LogP contribution in [0.2, 0.25) is 0 Å². The molecule has 0 fully saturated rings. The van der Waals surface area contributed by atoms with E-state index in [-0.39, 0.29) is 11.6 Å². The van der Waals surface area contributed by atoms with Crippen LogP contribution < -0.4 is 5.32 Å². The van der Waals surface area contributed by atoms with E-state index < -0.39 is 10.2 Å². The van der Waals surface area contributed by atoms with Crippen LogP contribution in [0.25, 0.3) is 0 Å². The highest BCUT2D eigenvalue weighted by Crippen LogP contribution is 2.26. The van der Waals surface area contributed by atoms with Gasteiger partial charge in [-0.2, -0.15) is 0 Å². The number of nitrogens with one attached hydrogen (secondary N) is 1. The molecule has 0 aliphatic carbocycles. The molecule has 0 saturated carbocycles. The molecule has 1 amide bonds. The molecule has 0 spiro atoms. The van der Waals surface area contributed by atoms with Gasteiger partial charge in [0.2, 0.25) is 5.91 Å². The molecule has 0 radical (unpaired) electrons. The summed E-state index contributed by atoms with van der Waals surface area (Å²) < 4.78 is 1.92. The van der Waals surface area contributed by atoms with Gasteiger partial charge in [-0.15, -0.1) is 10.2 Å². The van der Waals surface area contributed by atoms with Crippen molar-refractivity contribution in [3.63, 3.8) is 0 Å². The molecule has 2 rings (SSSR count). The molecule has 0 aliphatic heterocycles. The Labute approximate surface area is 143 Å². The lowest BCUT2D eigenvalue weighted by Crippen LogP contribution is -2.23.